The topological polar surface area (TPSA) is 52.0 Å². The van der Waals surface area contributed by atoms with Crippen LogP contribution in [0.5, 0.6) is 0 Å². The second-order valence-corrected chi connectivity index (χ2v) is 6.27. The Bertz CT molecular complexity index is 797. The zero-order valence-electron chi connectivity index (χ0n) is 10.6. The van der Waals surface area contributed by atoms with Crippen LogP contribution < -0.4 is 5.73 Å². The molecule has 0 bridgehead atoms. The first kappa shape index (κ1) is 14.3. The minimum atomic E-state index is -0.338. The molecule has 0 unspecified atom stereocenters. The minimum absolute atomic E-state index is 0.159. The second kappa shape index (κ2) is 5.61. The maximum absolute atomic E-state index is 13.4. The molecule has 0 aliphatic heterocycles. The molecule has 3 aromatic rings. The first-order chi connectivity index (χ1) is 10.0. The van der Waals surface area contributed by atoms with Crippen LogP contribution in [0, 0.1) is 5.82 Å². The number of rotatable bonds is 2. The summed E-state index contributed by atoms with van der Waals surface area (Å²) in [6.45, 7) is 0. The van der Waals surface area contributed by atoms with Crippen molar-refractivity contribution >= 4 is 37.7 Å². The number of nitrogen functional groups attached to an aromatic ring is 1. The molecule has 0 spiro atoms. The maximum atomic E-state index is 13.4. The van der Waals surface area contributed by atoms with Crippen molar-refractivity contribution < 1.29 is 8.91 Å². The minimum Gasteiger partial charge on any atom is -0.367 e. The third kappa shape index (κ3) is 2.87. The molecule has 0 atom stereocenters. The normalized spacial score (nSPS) is 10.8. The molecule has 0 amide bonds. The fraction of sp³-hybridized carbons (Fsp3) is 0. The molecule has 106 valence electrons. The summed E-state index contributed by atoms with van der Waals surface area (Å²) in [6.07, 6.45) is 0. The van der Waals surface area contributed by atoms with Crippen molar-refractivity contribution in [2.24, 2.45) is 0 Å². The molecule has 3 rings (SSSR count). The quantitative estimate of drug-likeness (QED) is 0.626. The van der Waals surface area contributed by atoms with Crippen molar-refractivity contribution in [3.05, 3.63) is 57.2 Å². The summed E-state index contributed by atoms with van der Waals surface area (Å²) >= 11 is 6.86. The Hall–Kier alpha value is -1.66. The first-order valence-corrected chi connectivity index (χ1v) is 7.61. The van der Waals surface area contributed by atoms with Crippen molar-refractivity contribution in [2.45, 2.75) is 0 Å². The van der Waals surface area contributed by atoms with Gasteiger partial charge >= 0.3 is 0 Å². The van der Waals surface area contributed by atoms with Gasteiger partial charge < -0.3 is 10.3 Å². The van der Waals surface area contributed by atoms with E-state index in [0.717, 1.165) is 14.5 Å². The van der Waals surface area contributed by atoms with Gasteiger partial charge in [0.15, 0.2) is 0 Å². The molecule has 0 aliphatic carbocycles. The summed E-state index contributed by atoms with van der Waals surface area (Å²) in [5.41, 5.74) is 8.45. The molecule has 21 heavy (non-hydrogen) atoms. The Morgan fingerprint density at radius 2 is 1.71 bits per heavy atom. The van der Waals surface area contributed by atoms with Gasteiger partial charge in [-0.05, 0) is 35.9 Å². The molecule has 0 radical (unpaired) electrons. The highest BCUT2D eigenvalue weighted by Gasteiger charge is 2.18. The monoisotopic (exact) mass is 410 g/mol. The molecule has 3 nitrogen and oxygen atoms in total. The van der Waals surface area contributed by atoms with Gasteiger partial charge in [0.25, 0.3) is 0 Å². The van der Waals surface area contributed by atoms with Crippen LogP contribution in [0.25, 0.3) is 22.4 Å². The van der Waals surface area contributed by atoms with Crippen LogP contribution in [-0.2, 0) is 0 Å². The summed E-state index contributed by atoms with van der Waals surface area (Å²) in [4.78, 5) is 0. The van der Waals surface area contributed by atoms with E-state index in [1.54, 1.807) is 12.1 Å². The number of aromatic nitrogens is 1. The third-order valence-corrected chi connectivity index (χ3v) is 3.88. The maximum Gasteiger partial charge on any atom is 0.230 e. The van der Waals surface area contributed by atoms with Gasteiger partial charge in [0, 0.05) is 14.5 Å². The number of benzene rings is 2. The molecule has 6 heteroatoms. The number of hydrogen-bond acceptors (Lipinski definition) is 3. The highest BCUT2D eigenvalue weighted by atomic mass is 79.9. The lowest BCUT2D eigenvalue weighted by atomic mass is 10.0. The van der Waals surface area contributed by atoms with E-state index in [0.29, 0.717) is 16.8 Å². The van der Waals surface area contributed by atoms with E-state index in [9.17, 15) is 4.39 Å². The smallest absolute Gasteiger partial charge is 0.230 e. The molecule has 0 aliphatic rings. The van der Waals surface area contributed by atoms with Gasteiger partial charge in [-0.25, -0.2) is 4.39 Å². The van der Waals surface area contributed by atoms with Crippen LogP contribution in [0.3, 0.4) is 0 Å². The number of nitrogens with zero attached hydrogens (tertiary/aromatic N) is 1. The van der Waals surface area contributed by atoms with E-state index in [4.69, 9.17) is 10.3 Å². The highest BCUT2D eigenvalue weighted by molar-refractivity contribution is 9.11. The molecular weight excluding hydrogens is 403 g/mol. The average Bonchev–Trinajstić information content (AvgIpc) is 2.79. The SMILES string of the molecule is Nc1onc(-c2cc(Br)cc(Br)c2)c1-c1cccc(F)c1. The zero-order valence-corrected chi connectivity index (χ0v) is 13.8. The Labute approximate surface area is 137 Å². The number of halogens is 3. The standard InChI is InChI=1S/C15H9Br2FN2O/c16-10-4-9(5-11(17)7-10)14-13(15(19)21-20-14)8-2-1-3-12(18)6-8/h1-7H,19H2. The average molecular weight is 412 g/mol. The van der Waals surface area contributed by atoms with E-state index in [-0.39, 0.29) is 11.7 Å². The summed E-state index contributed by atoms with van der Waals surface area (Å²) in [7, 11) is 0. The number of nitrogens with two attached hydrogens (primary N) is 1. The fourth-order valence-electron chi connectivity index (χ4n) is 2.11. The van der Waals surface area contributed by atoms with Gasteiger partial charge in [-0.15, -0.1) is 0 Å². The Balaban J connectivity index is 2.21. The van der Waals surface area contributed by atoms with Gasteiger partial charge in [0.1, 0.15) is 11.5 Å². The van der Waals surface area contributed by atoms with Gasteiger partial charge in [0.05, 0.1) is 5.56 Å². The van der Waals surface area contributed by atoms with Crippen LogP contribution in [-0.4, -0.2) is 5.16 Å². The van der Waals surface area contributed by atoms with Crippen molar-refractivity contribution in [3.8, 4) is 22.4 Å². The molecule has 1 heterocycles. The number of anilines is 1. The molecule has 1 aromatic heterocycles. The number of hydrogen-bond donors (Lipinski definition) is 1. The lowest BCUT2D eigenvalue weighted by Crippen LogP contribution is -1.89. The predicted octanol–water partition coefficient (Wildman–Crippen LogP) is 5.25. The van der Waals surface area contributed by atoms with Crippen LogP contribution in [0.2, 0.25) is 0 Å². The van der Waals surface area contributed by atoms with Crippen molar-refractivity contribution in [3.63, 3.8) is 0 Å². The van der Waals surface area contributed by atoms with Gasteiger partial charge in [-0.3, -0.25) is 0 Å². The van der Waals surface area contributed by atoms with E-state index < -0.39 is 0 Å². The lowest BCUT2D eigenvalue weighted by molar-refractivity contribution is 0.439. The highest BCUT2D eigenvalue weighted by Crippen LogP contribution is 2.38. The largest absolute Gasteiger partial charge is 0.367 e. The van der Waals surface area contributed by atoms with Gasteiger partial charge in [0.2, 0.25) is 5.88 Å². The third-order valence-electron chi connectivity index (χ3n) is 2.97. The van der Waals surface area contributed by atoms with Crippen molar-refractivity contribution in [2.75, 3.05) is 5.73 Å². The summed E-state index contributed by atoms with van der Waals surface area (Å²) in [5, 5.41) is 4.01. The lowest BCUT2D eigenvalue weighted by Gasteiger charge is -2.04. The first-order valence-electron chi connectivity index (χ1n) is 6.02. The summed E-state index contributed by atoms with van der Waals surface area (Å²) in [6, 6.07) is 11.9. The van der Waals surface area contributed by atoms with Crippen molar-refractivity contribution in [1.82, 2.24) is 5.16 Å². The van der Waals surface area contributed by atoms with Crippen LogP contribution in [0.1, 0.15) is 0 Å². The van der Waals surface area contributed by atoms with Crippen LogP contribution >= 0.6 is 31.9 Å². The second-order valence-electron chi connectivity index (χ2n) is 4.44. The zero-order chi connectivity index (χ0) is 15.0. The van der Waals surface area contributed by atoms with Gasteiger partial charge in [-0.1, -0.05) is 49.1 Å². The van der Waals surface area contributed by atoms with E-state index in [1.165, 1.54) is 12.1 Å². The van der Waals surface area contributed by atoms with E-state index >= 15 is 0 Å². The Kier molecular flexibility index (Phi) is 3.82. The van der Waals surface area contributed by atoms with Crippen LogP contribution in [0.4, 0.5) is 10.3 Å². The molecule has 0 saturated carbocycles. The predicted molar refractivity (Wildman–Crippen MR) is 87.1 cm³/mol. The Morgan fingerprint density at radius 3 is 2.38 bits per heavy atom. The summed E-state index contributed by atoms with van der Waals surface area (Å²) < 4.78 is 20.3. The fourth-order valence-corrected chi connectivity index (χ4v) is 3.41. The molecule has 0 saturated heterocycles. The van der Waals surface area contributed by atoms with Gasteiger partial charge in [-0.2, -0.15) is 0 Å². The summed E-state index contributed by atoms with van der Waals surface area (Å²) in [5.74, 6) is -0.179. The van der Waals surface area contributed by atoms with E-state index in [1.807, 2.05) is 18.2 Å². The molecular formula is C15H9Br2FN2O. The molecule has 2 N–H and O–H groups in total. The van der Waals surface area contributed by atoms with E-state index in [2.05, 4.69) is 37.0 Å². The Morgan fingerprint density at radius 1 is 1.00 bits per heavy atom. The molecule has 2 aromatic carbocycles. The van der Waals surface area contributed by atoms with Crippen LogP contribution in [0.15, 0.2) is 55.9 Å². The van der Waals surface area contributed by atoms with Crippen molar-refractivity contribution in [1.29, 1.82) is 0 Å². The molecule has 0 fully saturated rings.